The van der Waals surface area contributed by atoms with Crippen LogP contribution in [0.5, 0.6) is 0 Å². The average Bonchev–Trinajstić information content (AvgIpc) is 1.99. The molecule has 0 atom stereocenters. The fourth-order valence-electron chi connectivity index (χ4n) is 0.336. The summed E-state index contributed by atoms with van der Waals surface area (Å²) < 4.78 is 4.38. The summed E-state index contributed by atoms with van der Waals surface area (Å²) in [6.45, 7) is 3.95. The van der Waals surface area contributed by atoms with E-state index in [2.05, 4.69) is 4.74 Å². The quantitative estimate of drug-likeness (QED) is 0.367. The summed E-state index contributed by atoms with van der Waals surface area (Å²) in [6, 6.07) is 0. The molecule has 4 nitrogen and oxygen atoms in total. The molecule has 0 aromatic rings. The van der Waals surface area contributed by atoms with E-state index in [0.29, 0.717) is 0 Å². The van der Waals surface area contributed by atoms with Gasteiger partial charge in [0.05, 0.1) is 13.2 Å². The van der Waals surface area contributed by atoms with Crippen LogP contribution >= 0.6 is 0 Å². The summed E-state index contributed by atoms with van der Waals surface area (Å²) in [6.07, 6.45) is -0.148. The molecule has 2 N–H and O–H groups in total. The summed E-state index contributed by atoms with van der Waals surface area (Å²) in [4.78, 5) is 10.3. The van der Waals surface area contributed by atoms with Gasteiger partial charge in [0, 0.05) is 32.7 Å². The Hall–Kier alpha value is 0.234. The fraction of sp³-hybridized carbons (Fsp3) is 0.500. The van der Waals surface area contributed by atoms with Gasteiger partial charge in [-0.3, -0.25) is 6.58 Å². The van der Waals surface area contributed by atoms with Crippen LogP contribution in [0, 0.1) is 6.58 Å². The molecule has 0 heterocycles. The number of hydrogen-bond donors (Lipinski definition) is 2. The van der Waals surface area contributed by atoms with Gasteiger partial charge in [-0.15, -0.1) is 0 Å². The molecule has 0 aliphatic rings. The van der Waals surface area contributed by atoms with E-state index in [1.807, 2.05) is 0 Å². The molecule has 0 aromatic carbocycles. The first kappa shape index (κ1) is 13.8. The standard InChI is InChI=1S/C6H9O4.Y/c1-2-6(9)10-5(3-7)4-8;/h1-2,5,7-8H,3-4H2;/q-1;. The Labute approximate surface area is 90.1 Å². The first-order chi connectivity index (χ1) is 4.74. The van der Waals surface area contributed by atoms with Crippen molar-refractivity contribution >= 4 is 5.97 Å². The largest absolute Gasteiger partial charge is 0.540 e. The number of carbonyl (C=O) groups excluding carboxylic acids is 1. The zero-order valence-electron chi connectivity index (χ0n) is 5.93. The van der Waals surface area contributed by atoms with Crippen molar-refractivity contribution in [1.82, 2.24) is 0 Å². The number of carbonyl (C=O) groups is 1. The van der Waals surface area contributed by atoms with E-state index in [0.717, 1.165) is 6.08 Å². The third kappa shape index (κ3) is 6.62. The van der Waals surface area contributed by atoms with Gasteiger partial charge in [-0.05, 0) is 0 Å². The monoisotopic (exact) mass is 234 g/mol. The van der Waals surface area contributed by atoms with E-state index in [9.17, 15) is 4.79 Å². The first-order valence-corrected chi connectivity index (χ1v) is 2.71. The van der Waals surface area contributed by atoms with Gasteiger partial charge in [0.2, 0.25) is 0 Å². The minimum Gasteiger partial charge on any atom is -0.540 e. The Kier molecular flexibility index (Phi) is 10.5. The predicted molar refractivity (Wildman–Crippen MR) is 32.9 cm³/mol. The first-order valence-electron chi connectivity index (χ1n) is 2.71. The summed E-state index contributed by atoms with van der Waals surface area (Å²) in [5.41, 5.74) is 0. The van der Waals surface area contributed by atoms with Crippen LogP contribution in [0.4, 0.5) is 0 Å². The summed E-state index contributed by atoms with van der Waals surface area (Å²) in [5, 5.41) is 16.8. The predicted octanol–water partition coefficient (Wildman–Crippen LogP) is -1.13. The van der Waals surface area contributed by atoms with Crippen molar-refractivity contribution in [2.45, 2.75) is 6.10 Å². The van der Waals surface area contributed by atoms with Crippen LogP contribution in [0.25, 0.3) is 0 Å². The molecule has 5 heteroatoms. The van der Waals surface area contributed by atoms with E-state index in [4.69, 9.17) is 16.8 Å². The second-order valence-corrected chi connectivity index (χ2v) is 1.59. The van der Waals surface area contributed by atoms with Gasteiger partial charge in [-0.2, -0.15) is 6.08 Å². The molecule has 0 aliphatic carbocycles. The Balaban J connectivity index is 0. The van der Waals surface area contributed by atoms with Crippen LogP contribution in [0.3, 0.4) is 0 Å². The third-order valence-corrected chi connectivity index (χ3v) is 0.826. The van der Waals surface area contributed by atoms with Gasteiger partial charge in [0.1, 0.15) is 6.10 Å². The van der Waals surface area contributed by atoms with E-state index >= 15 is 0 Å². The van der Waals surface area contributed by atoms with Crippen molar-refractivity contribution in [2.75, 3.05) is 13.2 Å². The van der Waals surface area contributed by atoms with Gasteiger partial charge < -0.3 is 19.7 Å². The molecule has 0 saturated heterocycles. The number of rotatable bonds is 4. The minimum absolute atomic E-state index is 0. The Morgan fingerprint density at radius 2 is 2.00 bits per heavy atom. The Morgan fingerprint density at radius 3 is 2.27 bits per heavy atom. The molecule has 61 valence electrons. The summed E-state index contributed by atoms with van der Waals surface area (Å²) in [7, 11) is 0. The Morgan fingerprint density at radius 1 is 1.55 bits per heavy atom. The number of hydrogen-bond acceptors (Lipinski definition) is 4. The van der Waals surface area contributed by atoms with Crippen LogP contribution in [0.2, 0.25) is 0 Å². The maximum atomic E-state index is 10.3. The van der Waals surface area contributed by atoms with E-state index in [-0.39, 0.29) is 32.7 Å². The average molecular weight is 234 g/mol. The van der Waals surface area contributed by atoms with Crippen LogP contribution < -0.4 is 0 Å². The molecular weight excluding hydrogens is 225 g/mol. The topological polar surface area (TPSA) is 66.8 Å². The second kappa shape index (κ2) is 8.33. The zero-order chi connectivity index (χ0) is 7.98. The molecule has 1 radical (unpaired) electrons. The molecule has 0 rings (SSSR count). The normalized spacial score (nSPS) is 8.64. The van der Waals surface area contributed by atoms with Crippen molar-refractivity contribution in [2.24, 2.45) is 0 Å². The number of ether oxygens (including phenoxy) is 1. The van der Waals surface area contributed by atoms with Crippen molar-refractivity contribution in [3.63, 3.8) is 0 Å². The van der Waals surface area contributed by atoms with E-state index in [1.54, 1.807) is 0 Å². The maximum absolute atomic E-state index is 10.3. The van der Waals surface area contributed by atoms with Gasteiger partial charge in [0.15, 0.2) is 5.97 Å². The molecule has 11 heavy (non-hydrogen) atoms. The van der Waals surface area contributed by atoms with Crippen molar-refractivity contribution in [3.05, 3.63) is 12.7 Å². The van der Waals surface area contributed by atoms with Crippen LogP contribution in [-0.4, -0.2) is 35.5 Å². The van der Waals surface area contributed by atoms with Crippen molar-refractivity contribution in [3.8, 4) is 0 Å². The molecule has 0 amide bonds. The molecule has 0 saturated carbocycles. The summed E-state index contributed by atoms with van der Waals surface area (Å²) >= 11 is 0. The van der Waals surface area contributed by atoms with Gasteiger partial charge >= 0.3 is 0 Å². The van der Waals surface area contributed by atoms with Gasteiger partial charge in [0.25, 0.3) is 0 Å². The SMILES string of the molecule is [CH-]=CC(=O)OC(CO)CO.[Y]. The molecule has 0 fully saturated rings. The van der Waals surface area contributed by atoms with E-state index < -0.39 is 25.3 Å². The van der Waals surface area contributed by atoms with Crippen LogP contribution in [-0.2, 0) is 42.2 Å². The fourth-order valence-corrected chi connectivity index (χ4v) is 0.336. The Bertz CT molecular complexity index is 122. The van der Waals surface area contributed by atoms with Crippen LogP contribution in [0.1, 0.15) is 0 Å². The van der Waals surface area contributed by atoms with E-state index in [1.165, 1.54) is 0 Å². The molecule has 0 bridgehead atoms. The molecule has 0 unspecified atom stereocenters. The smallest absolute Gasteiger partial charge is 0.167 e. The molecule has 0 spiro atoms. The second-order valence-electron chi connectivity index (χ2n) is 1.59. The zero-order valence-corrected chi connectivity index (χ0v) is 8.77. The summed E-state index contributed by atoms with van der Waals surface area (Å²) in [5.74, 6) is -0.756. The third-order valence-electron chi connectivity index (χ3n) is 0.826. The van der Waals surface area contributed by atoms with Crippen molar-refractivity contribution < 1.29 is 52.5 Å². The molecule has 0 aromatic heterocycles. The number of esters is 1. The van der Waals surface area contributed by atoms with Gasteiger partial charge in [-0.25, -0.2) is 0 Å². The van der Waals surface area contributed by atoms with Gasteiger partial charge in [-0.1, -0.05) is 0 Å². The van der Waals surface area contributed by atoms with Crippen LogP contribution in [0.15, 0.2) is 6.08 Å². The number of aliphatic hydroxyl groups is 2. The minimum atomic E-state index is -0.868. The maximum Gasteiger partial charge on any atom is 0.167 e. The number of aliphatic hydroxyl groups excluding tert-OH is 2. The van der Waals surface area contributed by atoms with Crippen molar-refractivity contribution in [1.29, 1.82) is 0 Å². The molecular formula is C6H9O4Y-. The molecule has 0 aliphatic heterocycles.